The van der Waals surface area contributed by atoms with E-state index >= 15 is 0 Å². The van der Waals surface area contributed by atoms with Crippen molar-refractivity contribution in [2.45, 2.75) is 13.0 Å². The van der Waals surface area contributed by atoms with Gasteiger partial charge in [0, 0.05) is 17.6 Å². The summed E-state index contributed by atoms with van der Waals surface area (Å²) in [6, 6.07) is 5.36. The lowest BCUT2D eigenvalue weighted by molar-refractivity contribution is -0.138. The van der Waals surface area contributed by atoms with Gasteiger partial charge in [-0.3, -0.25) is 9.36 Å². The number of carbonyl (C=O) groups excluding carboxylic acids is 1. The van der Waals surface area contributed by atoms with E-state index in [-0.39, 0.29) is 11.9 Å². The maximum atomic E-state index is 12.6. The molecule has 0 bridgehead atoms. The molecule has 21 heavy (non-hydrogen) atoms. The summed E-state index contributed by atoms with van der Waals surface area (Å²) < 4.78 is 8.01. The zero-order valence-corrected chi connectivity index (χ0v) is 13.3. The number of nitrogens with zero attached hydrogens (tertiary/aromatic N) is 3. The van der Waals surface area contributed by atoms with E-state index in [0.717, 1.165) is 15.5 Å². The van der Waals surface area contributed by atoms with Gasteiger partial charge in [-0.05, 0) is 25.1 Å². The number of aromatic nitrogens is 2. The Balaban J connectivity index is 1.95. The van der Waals surface area contributed by atoms with Crippen LogP contribution in [0.4, 0.5) is 5.95 Å². The van der Waals surface area contributed by atoms with Crippen molar-refractivity contribution in [2.24, 2.45) is 0 Å². The van der Waals surface area contributed by atoms with Crippen LogP contribution in [0.2, 0.25) is 0 Å². The second-order valence-electron chi connectivity index (χ2n) is 5.09. The minimum absolute atomic E-state index is 0.0484. The molecular formula is C14H17BrN4O2. The molecule has 112 valence electrons. The predicted octanol–water partition coefficient (Wildman–Crippen LogP) is 1.80. The maximum absolute atomic E-state index is 12.6. The first-order valence-electron chi connectivity index (χ1n) is 6.87. The van der Waals surface area contributed by atoms with Crippen LogP contribution in [0.25, 0.3) is 11.0 Å². The van der Waals surface area contributed by atoms with E-state index in [1.165, 1.54) is 0 Å². The molecule has 6 nitrogen and oxygen atoms in total. The number of carbonyl (C=O) groups is 1. The number of ether oxygens (including phenoxy) is 1. The minimum atomic E-state index is -0.380. The van der Waals surface area contributed by atoms with Crippen molar-refractivity contribution < 1.29 is 9.53 Å². The Labute approximate surface area is 131 Å². The van der Waals surface area contributed by atoms with Gasteiger partial charge >= 0.3 is 0 Å². The minimum Gasteiger partial charge on any atom is -0.378 e. The van der Waals surface area contributed by atoms with Gasteiger partial charge in [-0.2, -0.15) is 0 Å². The molecule has 1 atom stereocenters. The van der Waals surface area contributed by atoms with Crippen molar-refractivity contribution in [1.82, 2.24) is 14.5 Å². The summed E-state index contributed by atoms with van der Waals surface area (Å²) in [6.07, 6.45) is 0. The molecule has 1 aromatic heterocycles. The molecule has 1 aliphatic heterocycles. The van der Waals surface area contributed by atoms with Gasteiger partial charge in [0.2, 0.25) is 11.9 Å². The van der Waals surface area contributed by atoms with E-state index in [9.17, 15) is 4.79 Å². The molecule has 1 unspecified atom stereocenters. The maximum Gasteiger partial charge on any atom is 0.245 e. The highest BCUT2D eigenvalue weighted by Crippen LogP contribution is 2.26. The molecule has 0 radical (unpaired) electrons. The number of anilines is 1. The van der Waals surface area contributed by atoms with Crippen LogP contribution in [0, 0.1) is 0 Å². The normalized spacial score (nSPS) is 17.1. The number of hydrogen-bond acceptors (Lipinski definition) is 4. The van der Waals surface area contributed by atoms with E-state index in [1.807, 2.05) is 30.0 Å². The average Bonchev–Trinajstić information content (AvgIpc) is 2.81. The van der Waals surface area contributed by atoms with Gasteiger partial charge in [0.05, 0.1) is 24.2 Å². The fourth-order valence-corrected chi connectivity index (χ4v) is 3.00. The number of amides is 1. The van der Waals surface area contributed by atoms with Gasteiger partial charge in [-0.1, -0.05) is 15.9 Å². The van der Waals surface area contributed by atoms with Gasteiger partial charge in [0.15, 0.2) is 0 Å². The quantitative estimate of drug-likeness (QED) is 0.894. The Morgan fingerprint density at radius 3 is 2.86 bits per heavy atom. The summed E-state index contributed by atoms with van der Waals surface area (Å²) in [5, 5.41) is 0. The summed E-state index contributed by atoms with van der Waals surface area (Å²) in [5.74, 6) is 0.407. The predicted molar refractivity (Wildman–Crippen MR) is 84.0 cm³/mol. The number of rotatable bonds is 2. The van der Waals surface area contributed by atoms with E-state index in [2.05, 4.69) is 20.9 Å². The fourth-order valence-electron chi connectivity index (χ4n) is 2.66. The van der Waals surface area contributed by atoms with Gasteiger partial charge < -0.3 is 15.4 Å². The van der Waals surface area contributed by atoms with Crippen molar-refractivity contribution in [3.8, 4) is 0 Å². The third kappa shape index (κ3) is 2.63. The first-order chi connectivity index (χ1) is 10.1. The van der Waals surface area contributed by atoms with E-state index in [4.69, 9.17) is 10.5 Å². The molecular weight excluding hydrogens is 336 g/mol. The third-order valence-corrected chi connectivity index (χ3v) is 4.24. The van der Waals surface area contributed by atoms with Gasteiger partial charge in [0.1, 0.15) is 6.04 Å². The van der Waals surface area contributed by atoms with Crippen LogP contribution in [-0.4, -0.2) is 46.7 Å². The Morgan fingerprint density at radius 1 is 1.43 bits per heavy atom. The fraction of sp³-hybridized carbons (Fsp3) is 0.429. The van der Waals surface area contributed by atoms with Crippen molar-refractivity contribution in [3.05, 3.63) is 22.7 Å². The Hall–Kier alpha value is -1.60. The highest BCUT2D eigenvalue weighted by Gasteiger charge is 2.26. The molecule has 2 heterocycles. The smallest absolute Gasteiger partial charge is 0.245 e. The number of halogens is 1. The van der Waals surface area contributed by atoms with Crippen molar-refractivity contribution in [2.75, 3.05) is 32.0 Å². The van der Waals surface area contributed by atoms with E-state index in [0.29, 0.717) is 32.3 Å². The zero-order valence-electron chi connectivity index (χ0n) is 11.8. The van der Waals surface area contributed by atoms with Gasteiger partial charge in [0.25, 0.3) is 0 Å². The molecule has 1 fully saturated rings. The number of nitrogens with two attached hydrogens (primary N) is 1. The third-order valence-electron chi connectivity index (χ3n) is 3.75. The number of nitrogen functional groups attached to an aromatic ring is 1. The molecule has 3 rings (SSSR count). The summed E-state index contributed by atoms with van der Waals surface area (Å²) in [5.41, 5.74) is 7.66. The van der Waals surface area contributed by atoms with Crippen LogP contribution in [-0.2, 0) is 9.53 Å². The van der Waals surface area contributed by atoms with Crippen molar-refractivity contribution in [1.29, 1.82) is 0 Å². The van der Waals surface area contributed by atoms with Crippen LogP contribution in [0.3, 0.4) is 0 Å². The zero-order chi connectivity index (χ0) is 15.0. The first kappa shape index (κ1) is 14.3. The molecule has 1 aliphatic rings. The average molecular weight is 353 g/mol. The number of imidazole rings is 1. The highest BCUT2D eigenvalue weighted by molar-refractivity contribution is 9.10. The lowest BCUT2D eigenvalue weighted by Crippen LogP contribution is -2.43. The largest absolute Gasteiger partial charge is 0.378 e. The van der Waals surface area contributed by atoms with Crippen LogP contribution < -0.4 is 5.73 Å². The Morgan fingerprint density at radius 2 is 2.14 bits per heavy atom. The topological polar surface area (TPSA) is 73.4 Å². The molecule has 1 aromatic carbocycles. The van der Waals surface area contributed by atoms with Gasteiger partial charge in [-0.25, -0.2) is 4.98 Å². The molecule has 1 amide bonds. The van der Waals surface area contributed by atoms with Gasteiger partial charge in [-0.15, -0.1) is 0 Å². The van der Waals surface area contributed by atoms with Crippen LogP contribution >= 0.6 is 15.9 Å². The number of benzene rings is 1. The summed E-state index contributed by atoms with van der Waals surface area (Å²) in [4.78, 5) is 18.8. The molecule has 0 spiro atoms. The molecule has 0 saturated carbocycles. The van der Waals surface area contributed by atoms with E-state index < -0.39 is 0 Å². The van der Waals surface area contributed by atoms with Crippen LogP contribution in [0.15, 0.2) is 22.7 Å². The molecule has 0 aliphatic carbocycles. The summed E-state index contributed by atoms with van der Waals surface area (Å²) >= 11 is 3.42. The molecule has 1 saturated heterocycles. The monoisotopic (exact) mass is 352 g/mol. The van der Waals surface area contributed by atoms with E-state index in [1.54, 1.807) is 4.57 Å². The Kier molecular flexibility index (Phi) is 3.86. The highest BCUT2D eigenvalue weighted by atomic mass is 79.9. The van der Waals surface area contributed by atoms with Crippen molar-refractivity contribution >= 4 is 38.8 Å². The number of hydrogen-bond donors (Lipinski definition) is 1. The standard InChI is InChI=1S/C14H17BrN4O2/c1-9(13(20)18-4-6-21-7-5-18)19-12-3-2-10(15)8-11(12)17-14(19)16/h2-3,8-9H,4-7H2,1H3,(H2,16,17). The molecule has 2 N–H and O–H groups in total. The van der Waals surface area contributed by atoms with Crippen LogP contribution in [0.1, 0.15) is 13.0 Å². The first-order valence-corrected chi connectivity index (χ1v) is 7.66. The summed E-state index contributed by atoms with van der Waals surface area (Å²) in [6.45, 7) is 4.29. The summed E-state index contributed by atoms with van der Waals surface area (Å²) in [7, 11) is 0. The second-order valence-corrected chi connectivity index (χ2v) is 6.00. The number of morpholine rings is 1. The lowest BCUT2D eigenvalue weighted by atomic mass is 10.2. The molecule has 7 heteroatoms. The van der Waals surface area contributed by atoms with Crippen molar-refractivity contribution in [3.63, 3.8) is 0 Å². The SMILES string of the molecule is CC(C(=O)N1CCOCC1)n1c(N)nc2cc(Br)ccc21. The second kappa shape index (κ2) is 5.65. The molecule has 2 aromatic rings. The number of fused-ring (bicyclic) bond motifs is 1. The van der Waals surface area contributed by atoms with Crippen LogP contribution in [0.5, 0.6) is 0 Å². The lowest BCUT2D eigenvalue weighted by Gasteiger charge is -2.30. The Bertz CT molecular complexity index is 679.